The lowest BCUT2D eigenvalue weighted by atomic mass is 10.1. The van der Waals surface area contributed by atoms with E-state index in [9.17, 15) is 17.6 Å². The van der Waals surface area contributed by atoms with Crippen LogP contribution in [0.3, 0.4) is 0 Å². The van der Waals surface area contributed by atoms with E-state index in [2.05, 4.69) is 0 Å². The van der Waals surface area contributed by atoms with Gasteiger partial charge in [-0.1, -0.05) is 43.6 Å². The van der Waals surface area contributed by atoms with Crippen LogP contribution in [0.2, 0.25) is 5.02 Å². The first kappa shape index (κ1) is 21.3. The van der Waals surface area contributed by atoms with Crippen molar-refractivity contribution in [1.82, 2.24) is 4.31 Å². The molecule has 0 aliphatic carbocycles. The summed E-state index contributed by atoms with van der Waals surface area (Å²) in [6, 6.07) is 9.91. The molecule has 1 atom stereocenters. The highest BCUT2D eigenvalue weighted by Crippen LogP contribution is 2.27. The Bertz CT molecular complexity index is 929. The van der Waals surface area contributed by atoms with Gasteiger partial charge in [-0.15, -0.1) is 0 Å². The van der Waals surface area contributed by atoms with Gasteiger partial charge in [0.25, 0.3) is 0 Å². The highest BCUT2D eigenvalue weighted by atomic mass is 35.5. The molecular formula is C19H21ClFNO4S. The van der Waals surface area contributed by atoms with Gasteiger partial charge in [0.1, 0.15) is 11.9 Å². The fraction of sp³-hybridized carbons (Fsp3) is 0.316. The van der Waals surface area contributed by atoms with Crippen LogP contribution in [0.1, 0.15) is 42.8 Å². The molecule has 0 saturated heterocycles. The second kappa shape index (κ2) is 8.82. The number of halogens is 2. The Labute approximate surface area is 163 Å². The molecule has 0 amide bonds. The van der Waals surface area contributed by atoms with E-state index >= 15 is 0 Å². The van der Waals surface area contributed by atoms with Gasteiger partial charge in [-0.05, 0) is 31.2 Å². The highest BCUT2D eigenvalue weighted by Gasteiger charge is 2.25. The maximum absolute atomic E-state index is 14.2. The van der Waals surface area contributed by atoms with Gasteiger partial charge < -0.3 is 4.74 Å². The molecule has 0 spiro atoms. The van der Waals surface area contributed by atoms with Gasteiger partial charge in [0.2, 0.25) is 10.0 Å². The molecule has 2 aromatic carbocycles. The van der Waals surface area contributed by atoms with Gasteiger partial charge in [0.15, 0.2) is 0 Å². The quantitative estimate of drug-likeness (QED) is 0.630. The summed E-state index contributed by atoms with van der Waals surface area (Å²) >= 11 is 6.08. The number of benzene rings is 2. The summed E-state index contributed by atoms with van der Waals surface area (Å²) in [7, 11) is -3.82. The fourth-order valence-electron chi connectivity index (χ4n) is 2.63. The molecule has 5 nitrogen and oxygen atoms in total. The van der Waals surface area contributed by atoms with Crippen LogP contribution in [0.25, 0.3) is 0 Å². The van der Waals surface area contributed by atoms with E-state index in [1.54, 1.807) is 45.0 Å². The molecule has 146 valence electrons. The Morgan fingerprint density at radius 3 is 2.41 bits per heavy atom. The van der Waals surface area contributed by atoms with Gasteiger partial charge in [-0.25, -0.2) is 17.6 Å². The molecule has 0 heterocycles. The van der Waals surface area contributed by atoms with E-state index in [-0.39, 0.29) is 18.0 Å². The normalized spacial score (nSPS) is 12.8. The molecule has 0 saturated carbocycles. The van der Waals surface area contributed by atoms with Crippen molar-refractivity contribution in [3.05, 3.63) is 64.4 Å². The summed E-state index contributed by atoms with van der Waals surface area (Å²) in [4.78, 5) is 12.3. The molecule has 0 fully saturated rings. The van der Waals surface area contributed by atoms with Crippen LogP contribution in [0, 0.1) is 5.82 Å². The molecule has 0 aliphatic heterocycles. The first-order chi connectivity index (χ1) is 12.7. The SMILES string of the molecule is CCN(CC)S(=O)(=O)c1ccc(F)c(C(=O)O[C@@H](C)c2ccccc2Cl)c1. The van der Waals surface area contributed by atoms with Crippen LogP contribution in [0.5, 0.6) is 0 Å². The lowest BCUT2D eigenvalue weighted by molar-refractivity contribution is 0.0332. The summed E-state index contributed by atoms with van der Waals surface area (Å²) < 4.78 is 45.9. The van der Waals surface area contributed by atoms with Crippen LogP contribution < -0.4 is 0 Å². The molecular weight excluding hydrogens is 393 g/mol. The molecule has 0 aliphatic rings. The van der Waals surface area contributed by atoms with Crippen LogP contribution in [-0.2, 0) is 14.8 Å². The Hall–Kier alpha value is -1.96. The second-order valence-corrected chi connectivity index (χ2v) is 8.15. The number of rotatable bonds is 7. The van der Waals surface area contributed by atoms with Crippen LogP contribution in [0.4, 0.5) is 4.39 Å². The van der Waals surface area contributed by atoms with Crippen LogP contribution >= 0.6 is 11.6 Å². The summed E-state index contributed by atoms with van der Waals surface area (Å²) in [6.07, 6.45) is -0.728. The maximum Gasteiger partial charge on any atom is 0.341 e. The predicted octanol–water partition coefficient (Wildman–Crippen LogP) is 4.43. The Balaban J connectivity index is 2.33. The van der Waals surface area contributed by atoms with E-state index in [0.717, 1.165) is 18.2 Å². The van der Waals surface area contributed by atoms with Crippen molar-refractivity contribution >= 4 is 27.6 Å². The topological polar surface area (TPSA) is 63.7 Å². The Kier molecular flexibility index (Phi) is 6.97. The number of hydrogen-bond donors (Lipinski definition) is 0. The molecule has 0 radical (unpaired) electrons. The number of nitrogens with zero attached hydrogens (tertiary/aromatic N) is 1. The van der Waals surface area contributed by atoms with Crippen molar-refractivity contribution in [3.8, 4) is 0 Å². The largest absolute Gasteiger partial charge is 0.454 e. The molecule has 27 heavy (non-hydrogen) atoms. The smallest absolute Gasteiger partial charge is 0.341 e. The fourth-order valence-corrected chi connectivity index (χ4v) is 4.40. The lowest BCUT2D eigenvalue weighted by Crippen LogP contribution is -2.30. The Morgan fingerprint density at radius 2 is 1.81 bits per heavy atom. The third kappa shape index (κ3) is 4.66. The van der Waals surface area contributed by atoms with Crippen molar-refractivity contribution in [2.75, 3.05) is 13.1 Å². The molecule has 2 rings (SSSR count). The minimum atomic E-state index is -3.82. The van der Waals surface area contributed by atoms with Gasteiger partial charge in [-0.3, -0.25) is 0 Å². The van der Waals surface area contributed by atoms with Crippen molar-refractivity contribution < 1.29 is 22.3 Å². The zero-order chi connectivity index (χ0) is 20.2. The zero-order valence-corrected chi connectivity index (χ0v) is 16.8. The van der Waals surface area contributed by atoms with Gasteiger partial charge in [-0.2, -0.15) is 4.31 Å². The van der Waals surface area contributed by atoms with E-state index in [1.165, 1.54) is 4.31 Å². The number of ether oxygens (including phenoxy) is 1. The predicted molar refractivity (Wildman–Crippen MR) is 102 cm³/mol. The minimum Gasteiger partial charge on any atom is -0.454 e. The average Bonchev–Trinajstić information content (AvgIpc) is 2.62. The highest BCUT2D eigenvalue weighted by molar-refractivity contribution is 7.89. The van der Waals surface area contributed by atoms with E-state index in [1.807, 2.05) is 0 Å². The lowest BCUT2D eigenvalue weighted by Gasteiger charge is -2.19. The van der Waals surface area contributed by atoms with E-state index in [4.69, 9.17) is 16.3 Å². The molecule has 2 aromatic rings. The Morgan fingerprint density at radius 1 is 1.19 bits per heavy atom. The zero-order valence-electron chi connectivity index (χ0n) is 15.3. The molecule has 0 bridgehead atoms. The standard InChI is InChI=1S/C19H21ClFNO4S/c1-4-22(5-2)27(24,25)14-10-11-18(21)16(12-14)19(23)26-13(3)15-8-6-7-9-17(15)20/h6-13H,4-5H2,1-3H3/t13-/m0/s1. The third-order valence-corrected chi connectivity index (χ3v) is 6.52. The third-order valence-electron chi connectivity index (χ3n) is 4.13. The second-order valence-electron chi connectivity index (χ2n) is 5.80. The first-order valence-corrected chi connectivity index (χ1v) is 10.3. The number of carbonyl (C=O) groups is 1. The summed E-state index contributed by atoms with van der Waals surface area (Å²) in [5, 5.41) is 0.413. The number of hydrogen-bond acceptors (Lipinski definition) is 4. The molecule has 8 heteroatoms. The minimum absolute atomic E-state index is 0.162. The maximum atomic E-state index is 14.2. The van der Waals surface area contributed by atoms with Crippen molar-refractivity contribution in [1.29, 1.82) is 0 Å². The first-order valence-electron chi connectivity index (χ1n) is 8.47. The van der Waals surface area contributed by atoms with Crippen LogP contribution in [0.15, 0.2) is 47.4 Å². The summed E-state index contributed by atoms with van der Waals surface area (Å²) in [5.74, 6) is -1.82. The summed E-state index contributed by atoms with van der Waals surface area (Å²) in [5.41, 5.74) is 0.127. The van der Waals surface area contributed by atoms with Crippen molar-refractivity contribution in [2.45, 2.75) is 31.8 Å². The van der Waals surface area contributed by atoms with Crippen LogP contribution in [-0.4, -0.2) is 31.8 Å². The molecule has 0 aromatic heterocycles. The van der Waals surface area contributed by atoms with Crippen molar-refractivity contribution in [3.63, 3.8) is 0 Å². The number of carbonyl (C=O) groups excluding carboxylic acids is 1. The molecule has 0 N–H and O–H groups in total. The van der Waals surface area contributed by atoms with Crippen molar-refractivity contribution in [2.24, 2.45) is 0 Å². The van der Waals surface area contributed by atoms with E-state index in [0.29, 0.717) is 10.6 Å². The molecule has 0 unspecified atom stereocenters. The van der Waals surface area contributed by atoms with Gasteiger partial charge >= 0.3 is 5.97 Å². The van der Waals surface area contributed by atoms with E-state index < -0.39 is 33.5 Å². The van der Waals surface area contributed by atoms with Gasteiger partial charge in [0.05, 0.1) is 10.5 Å². The number of sulfonamides is 1. The van der Waals surface area contributed by atoms with Gasteiger partial charge in [0, 0.05) is 23.7 Å². The average molecular weight is 414 g/mol. The number of esters is 1. The summed E-state index contributed by atoms with van der Waals surface area (Å²) in [6.45, 7) is 5.53. The monoisotopic (exact) mass is 413 g/mol.